The minimum absolute atomic E-state index is 0.0965. The highest BCUT2D eigenvalue weighted by atomic mass is 35.5. The summed E-state index contributed by atoms with van der Waals surface area (Å²) < 4.78 is 0.642. The van der Waals surface area contributed by atoms with Crippen LogP contribution in [0.25, 0.3) is 0 Å². The molecule has 1 saturated carbocycles. The van der Waals surface area contributed by atoms with E-state index in [1.807, 2.05) is 6.92 Å². The normalized spacial score (nSPS) is 17.8. The molecule has 0 amide bonds. The van der Waals surface area contributed by atoms with Crippen molar-refractivity contribution in [2.24, 2.45) is 0 Å². The van der Waals surface area contributed by atoms with Gasteiger partial charge in [0.25, 0.3) is 0 Å². The van der Waals surface area contributed by atoms with E-state index >= 15 is 0 Å². The van der Waals surface area contributed by atoms with Gasteiger partial charge in [0.1, 0.15) is 0 Å². The van der Waals surface area contributed by atoms with E-state index in [9.17, 15) is 4.79 Å². The van der Waals surface area contributed by atoms with Gasteiger partial charge in [-0.1, -0.05) is 18.0 Å². The maximum Gasteiger partial charge on any atom is 0.189 e. The van der Waals surface area contributed by atoms with Crippen LogP contribution in [0.15, 0.2) is 12.1 Å². The first-order chi connectivity index (χ1) is 8.63. The predicted molar refractivity (Wildman–Crippen MR) is 74.6 cm³/mol. The van der Waals surface area contributed by atoms with Crippen molar-refractivity contribution in [2.75, 3.05) is 13.2 Å². The lowest BCUT2D eigenvalue weighted by atomic mass is 9.90. The summed E-state index contributed by atoms with van der Waals surface area (Å²) in [5, 5.41) is 9.14. The summed E-state index contributed by atoms with van der Waals surface area (Å²) in [7, 11) is 0. The van der Waals surface area contributed by atoms with Crippen LogP contribution in [0.3, 0.4) is 0 Å². The fourth-order valence-corrected chi connectivity index (χ4v) is 3.40. The fourth-order valence-electron chi connectivity index (χ4n) is 2.33. The first kappa shape index (κ1) is 14.0. The van der Waals surface area contributed by atoms with Crippen LogP contribution in [0.2, 0.25) is 4.34 Å². The molecule has 1 fully saturated rings. The van der Waals surface area contributed by atoms with Crippen molar-refractivity contribution in [3.63, 3.8) is 0 Å². The molecule has 1 aliphatic rings. The van der Waals surface area contributed by atoms with Crippen molar-refractivity contribution in [3.8, 4) is 0 Å². The number of ketones is 1. The second-order valence-electron chi connectivity index (χ2n) is 4.69. The summed E-state index contributed by atoms with van der Waals surface area (Å²) >= 11 is 7.19. The smallest absolute Gasteiger partial charge is 0.189 e. The van der Waals surface area contributed by atoms with Gasteiger partial charge in [0.2, 0.25) is 0 Å². The number of thiophene rings is 1. The number of hydrogen-bond donors (Lipinski definition) is 1. The number of carbonyl (C=O) groups excluding carboxylic acids is 1. The highest BCUT2D eigenvalue weighted by Gasteiger charge is 2.32. The van der Waals surface area contributed by atoms with Gasteiger partial charge in [-0.05, 0) is 31.9 Å². The Labute approximate surface area is 116 Å². The van der Waals surface area contributed by atoms with Gasteiger partial charge in [-0.3, -0.25) is 9.69 Å². The number of halogens is 1. The van der Waals surface area contributed by atoms with Crippen molar-refractivity contribution in [2.45, 2.75) is 38.3 Å². The summed E-state index contributed by atoms with van der Waals surface area (Å²) in [5.74, 6) is 0.104. The van der Waals surface area contributed by atoms with Crippen molar-refractivity contribution < 1.29 is 9.90 Å². The van der Waals surface area contributed by atoms with Gasteiger partial charge < -0.3 is 5.11 Å². The molecule has 2 rings (SSSR count). The van der Waals surface area contributed by atoms with E-state index in [1.165, 1.54) is 17.8 Å². The maximum absolute atomic E-state index is 12.3. The molecule has 1 aromatic heterocycles. The van der Waals surface area contributed by atoms with E-state index < -0.39 is 0 Å². The van der Waals surface area contributed by atoms with E-state index in [2.05, 4.69) is 4.90 Å². The topological polar surface area (TPSA) is 40.5 Å². The molecular formula is C13H18ClNO2S. The number of hydrogen-bond acceptors (Lipinski definition) is 4. The van der Waals surface area contributed by atoms with Crippen LogP contribution in [-0.2, 0) is 0 Å². The standard InChI is InChI=1S/C13H18ClNO2S/c1-9(13(17)11-5-6-12(14)18-11)15(7-8-16)10-3-2-4-10/h5-6,9-10,16H,2-4,7-8H2,1H3. The molecule has 0 aliphatic heterocycles. The van der Waals surface area contributed by atoms with Crippen LogP contribution in [0, 0.1) is 0 Å². The largest absolute Gasteiger partial charge is 0.395 e. The summed E-state index contributed by atoms with van der Waals surface area (Å²) in [6.07, 6.45) is 3.48. The second kappa shape index (κ2) is 6.15. The van der Waals surface area contributed by atoms with Crippen molar-refractivity contribution >= 4 is 28.7 Å². The van der Waals surface area contributed by atoms with Crippen LogP contribution in [0.1, 0.15) is 35.9 Å². The molecule has 1 atom stereocenters. The molecule has 0 aromatic carbocycles. The summed E-state index contributed by atoms with van der Waals surface area (Å²) in [6.45, 7) is 2.58. The van der Waals surface area contributed by atoms with E-state index in [0.29, 0.717) is 21.8 Å². The average molecular weight is 288 g/mol. The molecule has 1 N–H and O–H groups in total. The summed E-state index contributed by atoms with van der Waals surface area (Å²) in [5.41, 5.74) is 0. The van der Waals surface area contributed by atoms with Crippen LogP contribution >= 0.6 is 22.9 Å². The lowest BCUT2D eigenvalue weighted by Crippen LogP contribution is -2.49. The van der Waals surface area contributed by atoms with Crippen molar-refractivity contribution in [1.82, 2.24) is 4.90 Å². The Morgan fingerprint density at radius 2 is 2.33 bits per heavy atom. The molecule has 1 aromatic rings. The van der Waals surface area contributed by atoms with Gasteiger partial charge in [0.15, 0.2) is 5.78 Å². The van der Waals surface area contributed by atoms with Crippen LogP contribution < -0.4 is 0 Å². The monoisotopic (exact) mass is 287 g/mol. The molecule has 18 heavy (non-hydrogen) atoms. The first-order valence-electron chi connectivity index (χ1n) is 6.29. The molecule has 0 saturated heterocycles. The first-order valence-corrected chi connectivity index (χ1v) is 7.49. The number of Topliss-reactive ketones (excluding diaryl/α,β-unsaturated/α-hetero) is 1. The van der Waals surface area contributed by atoms with Gasteiger partial charge in [-0.15, -0.1) is 11.3 Å². The lowest BCUT2D eigenvalue weighted by Gasteiger charge is -2.40. The van der Waals surface area contributed by atoms with E-state index in [-0.39, 0.29) is 18.4 Å². The van der Waals surface area contributed by atoms with Crippen LogP contribution in [0.4, 0.5) is 0 Å². The lowest BCUT2D eigenvalue weighted by molar-refractivity contribution is 0.0531. The zero-order valence-electron chi connectivity index (χ0n) is 10.4. The highest BCUT2D eigenvalue weighted by molar-refractivity contribution is 7.18. The third-order valence-corrected chi connectivity index (χ3v) is 4.84. The van der Waals surface area contributed by atoms with E-state index in [4.69, 9.17) is 16.7 Å². The molecule has 0 spiro atoms. The Balaban J connectivity index is 2.07. The quantitative estimate of drug-likeness (QED) is 0.818. The molecular weight excluding hydrogens is 270 g/mol. The van der Waals surface area contributed by atoms with Crippen molar-refractivity contribution in [1.29, 1.82) is 0 Å². The number of aliphatic hydroxyl groups excluding tert-OH is 1. The minimum Gasteiger partial charge on any atom is -0.395 e. The molecule has 0 bridgehead atoms. The van der Waals surface area contributed by atoms with Crippen LogP contribution in [0.5, 0.6) is 0 Å². The Bertz CT molecular complexity index is 417. The zero-order chi connectivity index (χ0) is 13.1. The number of carbonyl (C=O) groups is 1. The summed E-state index contributed by atoms with van der Waals surface area (Å²) in [4.78, 5) is 15.2. The number of nitrogens with zero attached hydrogens (tertiary/aromatic N) is 1. The number of rotatable bonds is 6. The average Bonchev–Trinajstić information content (AvgIpc) is 2.71. The van der Waals surface area contributed by atoms with Gasteiger partial charge in [-0.2, -0.15) is 0 Å². The molecule has 1 aliphatic carbocycles. The Morgan fingerprint density at radius 1 is 1.61 bits per heavy atom. The minimum atomic E-state index is -0.183. The van der Waals surface area contributed by atoms with Gasteiger partial charge in [-0.25, -0.2) is 0 Å². The van der Waals surface area contributed by atoms with Gasteiger partial charge in [0.05, 0.1) is 21.9 Å². The van der Waals surface area contributed by atoms with Crippen LogP contribution in [-0.4, -0.2) is 41.0 Å². The summed E-state index contributed by atoms with van der Waals surface area (Å²) in [6, 6.07) is 3.80. The third-order valence-electron chi connectivity index (χ3n) is 3.59. The van der Waals surface area contributed by atoms with E-state index in [1.54, 1.807) is 12.1 Å². The molecule has 1 heterocycles. The molecule has 5 heteroatoms. The Hall–Kier alpha value is -0.420. The molecule has 3 nitrogen and oxygen atoms in total. The molecule has 0 radical (unpaired) electrons. The fraction of sp³-hybridized carbons (Fsp3) is 0.615. The van der Waals surface area contributed by atoms with E-state index in [0.717, 1.165) is 12.8 Å². The van der Waals surface area contributed by atoms with Gasteiger partial charge >= 0.3 is 0 Å². The Morgan fingerprint density at radius 3 is 2.78 bits per heavy atom. The van der Waals surface area contributed by atoms with Crippen molar-refractivity contribution in [3.05, 3.63) is 21.3 Å². The van der Waals surface area contributed by atoms with Gasteiger partial charge in [0, 0.05) is 12.6 Å². The molecule has 1 unspecified atom stereocenters. The third kappa shape index (κ3) is 2.94. The zero-order valence-corrected chi connectivity index (χ0v) is 12.0. The molecule has 100 valence electrons. The SMILES string of the molecule is CC(C(=O)c1ccc(Cl)s1)N(CCO)C1CCC1. The Kier molecular flexibility index (Phi) is 4.78. The second-order valence-corrected chi connectivity index (χ2v) is 6.41. The maximum atomic E-state index is 12.3. The highest BCUT2D eigenvalue weighted by Crippen LogP contribution is 2.29. The predicted octanol–water partition coefficient (Wildman–Crippen LogP) is 2.82. The number of aliphatic hydroxyl groups is 1.